The number of hydrogen-bond acceptors (Lipinski definition) is 0. The van der Waals surface area contributed by atoms with Crippen LogP contribution in [-0.2, 0) is 22.9 Å². The van der Waals surface area contributed by atoms with E-state index >= 15 is 0 Å². The Labute approximate surface area is 164 Å². The summed E-state index contributed by atoms with van der Waals surface area (Å²) >= 11 is -0.766. The number of hydrogen-bond donors (Lipinski definition) is 0. The van der Waals surface area contributed by atoms with Crippen molar-refractivity contribution >= 4 is 0 Å². The smallest absolute Gasteiger partial charge is 1.00 e. The molecule has 1 fully saturated rings. The Hall–Kier alpha value is 0.600. The number of rotatable bonds is 2. The van der Waals surface area contributed by atoms with Gasteiger partial charge in [-0.15, -0.1) is 0 Å². The van der Waals surface area contributed by atoms with E-state index in [1.165, 1.54) is 19.3 Å². The first-order valence-corrected chi connectivity index (χ1v) is 11.8. The molecule has 0 aliphatic heterocycles. The van der Waals surface area contributed by atoms with Gasteiger partial charge >= 0.3 is 136 Å². The summed E-state index contributed by atoms with van der Waals surface area (Å²) < 4.78 is 2.89. The van der Waals surface area contributed by atoms with Crippen molar-refractivity contribution < 1.29 is 52.3 Å². The summed E-state index contributed by atoms with van der Waals surface area (Å²) in [7, 11) is 0. The minimum Gasteiger partial charge on any atom is -1.00 e. The second-order valence-electron chi connectivity index (χ2n) is 7.18. The third-order valence-corrected chi connectivity index (χ3v) is 14.0. The van der Waals surface area contributed by atoms with E-state index < -0.39 is 22.9 Å². The summed E-state index contributed by atoms with van der Waals surface area (Å²) in [6, 6.07) is 0. The number of halogens is 2. The second kappa shape index (κ2) is 7.66. The van der Waals surface area contributed by atoms with Gasteiger partial charge in [0.05, 0.1) is 0 Å². The summed E-state index contributed by atoms with van der Waals surface area (Å²) in [5.74, 6) is 0.901. The zero-order valence-corrected chi connectivity index (χ0v) is 20.2. The van der Waals surface area contributed by atoms with Crippen LogP contribution in [0.2, 0.25) is 3.67 Å². The van der Waals surface area contributed by atoms with Crippen LogP contribution in [0, 0.1) is 11.3 Å². The number of allylic oxidation sites excluding steroid dienone is 8. The Kier molecular flexibility index (Phi) is 7.18. The van der Waals surface area contributed by atoms with Crippen LogP contribution in [0.1, 0.15) is 53.9 Å². The summed E-state index contributed by atoms with van der Waals surface area (Å²) in [6.07, 6.45) is 11.4. The first-order chi connectivity index (χ1) is 9.43. The van der Waals surface area contributed by atoms with Crippen LogP contribution in [0.3, 0.4) is 0 Å². The van der Waals surface area contributed by atoms with Crippen molar-refractivity contribution in [3.63, 3.8) is 0 Å². The summed E-state index contributed by atoms with van der Waals surface area (Å²) in [4.78, 5) is 0. The van der Waals surface area contributed by atoms with Crippen LogP contribution < -0.4 is 29.4 Å². The van der Waals surface area contributed by atoms with Gasteiger partial charge in [-0.1, -0.05) is 0 Å². The Bertz CT molecular complexity index is 566. The van der Waals surface area contributed by atoms with Gasteiger partial charge < -0.3 is 29.4 Å². The minimum atomic E-state index is -0.766. The maximum atomic E-state index is 2.46. The fraction of sp³-hybridized carbons (Fsp3) is 0.579. The van der Waals surface area contributed by atoms with Crippen LogP contribution in [0.4, 0.5) is 0 Å². The molecule has 0 bridgehead atoms. The fourth-order valence-electron chi connectivity index (χ4n) is 4.13. The van der Waals surface area contributed by atoms with Gasteiger partial charge in [-0.3, -0.25) is 0 Å². The van der Waals surface area contributed by atoms with E-state index in [9.17, 15) is 0 Å². The minimum absolute atomic E-state index is 0. The van der Waals surface area contributed by atoms with Crippen LogP contribution in [0.25, 0.3) is 0 Å². The van der Waals surface area contributed by atoms with E-state index in [1.54, 1.807) is 16.7 Å². The van der Waals surface area contributed by atoms with Gasteiger partial charge in [0.15, 0.2) is 0 Å². The molecule has 2 unspecified atom stereocenters. The van der Waals surface area contributed by atoms with Gasteiger partial charge in [-0.2, -0.15) is 0 Å². The van der Waals surface area contributed by atoms with Gasteiger partial charge in [0.2, 0.25) is 0 Å². The van der Waals surface area contributed by atoms with E-state index in [0.717, 1.165) is 9.59 Å². The van der Waals surface area contributed by atoms with Crippen molar-refractivity contribution in [2.45, 2.75) is 57.6 Å². The zero-order chi connectivity index (χ0) is 14.5. The van der Waals surface area contributed by atoms with E-state index in [0.29, 0.717) is 5.41 Å². The molecular weight excluding hydrogens is 522 g/mol. The maximum absolute atomic E-state index is 2.46. The Morgan fingerprint density at radius 2 is 1.77 bits per heavy atom. The molecule has 0 nitrogen and oxygen atoms in total. The molecule has 22 heavy (non-hydrogen) atoms. The van der Waals surface area contributed by atoms with Crippen molar-refractivity contribution in [1.29, 1.82) is 0 Å². The molecule has 1 saturated carbocycles. The summed E-state index contributed by atoms with van der Waals surface area (Å²) in [5.41, 5.74) is 7.06. The fourth-order valence-corrected chi connectivity index (χ4v) is 11.7. The molecule has 0 aromatic heterocycles. The Morgan fingerprint density at radius 1 is 1.09 bits per heavy atom. The van der Waals surface area contributed by atoms with Crippen molar-refractivity contribution in [3.8, 4) is 0 Å². The molecule has 0 amide bonds. The molecule has 0 spiro atoms. The van der Waals surface area contributed by atoms with Crippen LogP contribution in [-0.4, -0.2) is 0 Å². The molecule has 0 aromatic rings. The molecule has 3 rings (SSSR count). The van der Waals surface area contributed by atoms with Crippen LogP contribution >= 0.6 is 0 Å². The van der Waals surface area contributed by atoms with Crippen molar-refractivity contribution in [1.82, 2.24) is 0 Å². The van der Waals surface area contributed by atoms with Crippen LogP contribution in [0.15, 0.2) is 43.9 Å². The molecule has 2 atom stereocenters. The average Bonchev–Trinajstić information content (AvgIpc) is 2.90. The zero-order valence-electron chi connectivity index (χ0n) is 14.3. The molecule has 0 saturated heterocycles. The van der Waals surface area contributed by atoms with Crippen molar-refractivity contribution in [2.75, 3.05) is 0 Å². The maximum Gasteiger partial charge on any atom is -1.00 e. The standard InChI is InChI=1S/C10H15.C9H11.BrH.ClH.Hf/c1-7-6-10(4,5)9(3)8(7)2;1-2-5-9-7-3-6-8(9)4-1;;;/h1-5H3;1-2,4,6,9H,3,5,7H2;2*1H;/q;;;;+2/p-2. The quantitative estimate of drug-likeness (QED) is 0.421. The topological polar surface area (TPSA) is 0 Å². The SMILES string of the molecule is CC1=C(C)C(C)(C)[C]([Hf+2][CH]2CCC3CC=CC=C32)=C1C.[Br-].[Cl-]. The molecule has 120 valence electrons. The number of fused-ring (bicyclic) bond motifs is 1. The molecule has 0 heterocycles. The summed E-state index contributed by atoms with van der Waals surface area (Å²) in [5, 5.41) is 0. The first-order valence-electron chi connectivity index (χ1n) is 7.95. The average molecular weight is 548 g/mol. The van der Waals surface area contributed by atoms with Gasteiger partial charge in [0, 0.05) is 0 Å². The predicted molar refractivity (Wildman–Crippen MR) is 83.2 cm³/mol. The van der Waals surface area contributed by atoms with Crippen molar-refractivity contribution in [2.24, 2.45) is 11.3 Å². The van der Waals surface area contributed by atoms with E-state index in [1.807, 2.05) is 8.90 Å². The molecule has 0 aromatic carbocycles. The molecule has 0 radical (unpaired) electrons. The first kappa shape index (κ1) is 20.6. The van der Waals surface area contributed by atoms with Crippen LogP contribution in [0.5, 0.6) is 0 Å². The molecule has 3 aliphatic rings. The van der Waals surface area contributed by atoms with Gasteiger partial charge in [0.25, 0.3) is 0 Å². The Balaban J connectivity index is 0.00000121. The molecule has 3 aliphatic carbocycles. The molecular formula is C19H26BrClHf. The van der Waals surface area contributed by atoms with Gasteiger partial charge in [0.1, 0.15) is 0 Å². The van der Waals surface area contributed by atoms with E-state index in [2.05, 4.69) is 52.8 Å². The molecule has 0 N–H and O–H groups in total. The Morgan fingerprint density at radius 3 is 2.36 bits per heavy atom. The molecule has 3 heteroatoms. The predicted octanol–water partition coefficient (Wildman–Crippen LogP) is -0.188. The van der Waals surface area contributed by atoms with E-state index in [-0.39, 0.29) is 29.4 Å². The van der Waals surface area contributed by atoms with Gasteiger partial charge in [-0.25, -0.2) is 0 Å². The van der Waals surface area contributed by atoms with Crippen molar-refractivity contribution in [3.05, 3.63) is 43.9 Å². The normalized spacial score (nSPS) is 28.7. The monoisotopic (exact) mass is 548 g/mol. The third kappa shape index (κ3) is 3.35. The van der Waals surface area contributed by atoms with E-state index in [4.69, 9.17) is 0 Å². The third-order valence-electron chi connectivity index (χ3n) is 5.90. The van der Waals surface area contributed by atoms with Gasteiger partial charge in [-0.05, 0) is 0 Å². The second-order valence-corrected chi connectivity index (χ2v) is 12.5. The largest absolute Gasteiger partial charge is 1.00 e. The summed E-state index contributed by atoms with van der Waals surface area (Å²) in [6.45, 7) is 12.0.